The molecular weight excluding hydrogens is 284 g/mol. The summed E-state index contributed by atoms with van der Waals surface area (Å²) in [6.45, 7) is 3.67. The molecule has 0 aliphatic carbocycles. The van der Waals surface area contributed by atoms with E-state index >= 15 is 0 Å². The lowest BCUT2D eigenvalue weighted by Gasteiger charge is -2.18. The highest BCUT2D eigenvalue weighted by Crippen LogP contribution is 2.37. The Kier molecular flexibility index (Phi) is 4.05. The first kappa shape index (κ1) is 15.5. The molecule has 0 amide bonds. The maximum Gasteiger partial charge on any atom is 0.416 e. The van der Waals surface area contributed by atoms with Crippen molar-refractivity contribution < 1.29 is 22.7 Å². The van der Waals surface area contributed by atoms with Gasteiger partial charge in [0.2, 0.25) is 0 Å². The van der Waals surface area contributed by atoms with Crippen LogP contribution in [0.5, 0.6) is 0 Å². The Hall–Kier alpha value is -1.88. The number of aliphatic hydroxyl groups excluding tert-OH is 1. The molecule has 21 heavy (non-hydrogen) atoms. The molecule has 0 bridgehead atoms. The van der Waals surface area contributed by atoms with Crippen LogP contribution in [0.25, 0.3) is 0 Å². The van der Waals surface area contributed by atoms with Crippen molar-refractivity contribution in [3.63, 3.8) is 0 Å². The number of hydrogen-bond acceptors (Lipinski definition) is 1. The second-order valence-electron chi connectivity index (χ2n) is 4.98. The Bertz CT molecular complexity index is 662. The van der Waals surface area contributed by atoms with Crippen molar-refractivity contribution in [1.82, 2.24) is 0 Å². The van der Waals surface area contributed by atoms with Gasteiger partial charge in [-0.2, -0.15) is 13.2 Å². The molecule has 0 radical (unpaired) electrons. The Labute approximate surface area is 119 Å². The minimum absolute atomic E-state index is 0.343. The van der Waals surface area contributed by atoms with Gasteiger partial charge in [0.1, 0.15) is 11.9 Å². The van der Waals surface area contributed by atoms with Crippen molar-refractivity contribution >= 4 is 0 Å². The van der Waals surface area contributed by atoms with Crippen molar-refractivity contribution in [3.8, 4) is 0 Å². The molecule has 2 rings (SSSR count). The van der Waals surface area contributed by atoms with Gasteiger partial charge in [-0.3, -0.25) is 0 Å². The van der Waals surface area contributed by atoms with E-state index in [1.807, 2.05) is 6.92 Å². The maximum absolute atomic E-state index is 13.1. The number of halogens is 4. The van der Waals surface area contributed by atoms with Crippen LogP contribution in [0.4, 0.5) is 17.6 Å². The third-order valence-electron chi connectivity index (χ3n) is 3.46. The summed E-state index contributed by atoms with van der Waals surface area (Å²) in [5.41, 5.74) is 0.666. The lowest BCUT2D eigenvalue weighted by atomic mass is 9.94. The van der Waals surface area contributed by atoms with Crippen LogP contribution >= 0.6 is 0 Å². The molecule has 1 atom stereocenters. The summed E-state index contributed by atoms with van der Waals surface area (Å²) in [5.74, 6) is -0.988. The van der Waals surface area contributed by atoms with Gasteiger partial charge < -0.3 is 5.11 Å². The van der Waals surface area contributed by atoms with E-state index in [0.717, 1.165) is 23.3 Å². The minimum atomic E-state index is -4.72. The van der Waals surface area contributed by atoms with Gasteiger partial charge in [-0.05, 0) is 48.2 Å². The summed E-state index contributed by atoms with van der Waals surface area (Å²) in [6, 6.07) is 7.21. The molecule has 5 heteroatoms. The van der Waals surface area contributed by atoms with Gasteiger partial charge in [-0.15, -0.1) is 0 Å². The van der Waals surface area contributed by atoms with Crippen molar-refractivity contribution in [1.29, 1.82) is 0 Å². The number of aliphatic hydroxyl groups is 1. The molecule has 0 aliphatic rings. The van der Waals surface area contributed by atoms with E-state index in [9.17, 15) is 22.7 Å². The zero-order valence-corrected chi connectivity index (χ0v) is 11.5. The minimum Gasteiger partial charge on any atom is -0.384 e. The van der Waals surface area contributed by atoms with Gasteiger partial charge in [0.05, 0.1) is 5.56 Å². The largest absolute Gasteiger partial charge is 0.416 e. The summed E-state index contributed by atoms with van der Waals surface area (Å²) in [5, 5.41) is 10.2. The van der Waals surface area contributed by atoms with E-state index in [-0.39, 0.29) is 5.56 Å². The predicted molar refractivity (Wildman–Crippen MR) is 71.4 cm³/mol. The molecule has 0 spiro atoms. The summed E-state index contributed by atoms with van der Waals surface area (Å²) in [7, 11) is 0. The van der Waals surface area contributed by atoms with Crippen LogP contribution in [0.3, 0.4) is 0 Å². The van der Waals surface area contributed by atoms with E-state index in [4.69, 9.17) is 0 Å². The monoisotopic (exact) mass is 298 g/mol. The van der Waals surface area contributed by atoms with Crippen LogP contribution in [-0.4, -0.2) is 5.11 Å². The molecule has 112 valence electrons. The zero-order chi connectivity index (χ0) is 15.8. The number of benzene rings is 2. The molecule has 1 unspecified atom stereocenters. The van der Waals surface area contributed by atoms with E-state index in [1.165, 1.54) is 0 Å². The molecule has 1 N–H and O–H groups in total. The standard InChI is InChI=1S/C16H14F4O/c1-9-3-4-11(7-10(9)2)15(21)13-6-5-12(17)8-14(13)16(18,19)20/h3-8,15,21H,1-2H3. The first-order valence-electron chi connectivity index (χ1n) is 6.32. The average Bonchev–Trinajstić information content (AvgIpc) is 2.40. The zero-order valence-electron chi connectivity index (χ0n) is 11.5. The topological polar surface area (TPSA) is 20.2 Å². The number of hydrogen-bond donors (Lipinski definition) is 1. The normalized spacial score (nSPS) is 13.3. The molecule has 0 saturated carbocycles. The molecule has 0 saturated heterocycles. The second-order valence-corrected chi connectivity index (χ2v) is 4.98. The lowest BCUT2D eigenvalue weighted by molar-refractivity contribution is -0.139. The van der Waals surface area contributed by atoms with Crippen LogP contribution < -0.4 is 0 Å². The average molecular weight is 298 g/mol. The molecule has 0 fully saturated rings. The van der Waals surface area contributed by atoms with Gasteiger partial charge in [0, 0.05) is 0 Å². The highest BCUT2D eigenvalue weighted by molar-refractivity contribution is 5.40. The summed E-state index contributed by atoms with van der Waals surface area (Å²) >= 11 is 0. The molecule has 0 heterocycles. The Morgan fingerprint density at radius 2 is 1.62 bits per heavy atom. The van der Waals surface area contributed by atoms with Gasteiger partial charge in [0.25, 0.3) is 0 Å². The first-order chi connectivity index (χ1) is 9.70. The predicted octanol–water partition coefficient (Wildman–Crippen LogP) is 4.54. The SMILES string of the molecule is Cc1ccc(C(O)c2ccc(F)cc2C(F)(F)F)cc1C. The van der Waals surface area contributed by atoms with E-state index in [1.54, 1.807) is 25.1 Å². The van der Waals surface area contributed by atoms with Crippen LogP contribution in [0.1, 0.15) is 33.9 Å². The Balaban J connectivity index is 2.52. The molecule has 0 aromatic heterocycles. The highest BCUT2D eigenvalue weighted by atomic mass is 19.4. The van der Waals surface area contributed by atoms with Gasteiger partial charge >= 0.3 is 6.18 Å². The third kappa shape index (κ3) is 3.24. The van der Waals surface area contributed by atoms with Gasteiger partial charge in [0.15, 0.2) is 0 Å². The highest BCUT2D eigenvalue weighted by Gasteiger charge is 2.35. The fourth-order valence-electron chi connectivity index (χ4n) is 2.13. The van der Waals surface area contributed by atoms with Crippen molar-refractivity contribution in [2.24, 2.45) is 0 Å². The Morgan fingerprint density at radius 3 is 2.19 bits per heavy atom. The lowest BCUT2D eigenvalue weighted by Crippen LogP contribution is -2.13. The molecule has 2 aromatic rings. The third-order valence-corrected chi connectivity index (χ3v) is 3.46. The van der Waals surface area contributed by atoms with Crippen LogP contribution in [-0.2, 0) is 6.18 Å². The molecule has 0 aliphatic heterocycles. The quantitative estimate of drug-likeness (QED) is 0.807. The smallest absolute Gasteiger partial charge is 0.384 e. The van der Waals surface area contributed by atoms with E-state index < -0.39 is 23.7 Å². The Morgan fingerprint density at radius 1 is 0.952 bits per heavy atom. The van der Waals surface area contributed by atoms with Crippen LogP contribution in [0.15, 0.2) is 36.4 Å². The first-order valence-corrected chi connectivity index (χ1v) is 6.32. The van der Waals surface area contributed by atoms with E-state index in [0.29, 0.717) is 11.6 Å². The van der Waals surface area contributed by atoms with Crippen LogP contribution in [0.2, 0.25) is 0 Å². The van der Waals surface area contributed by atoms with E-state index in [2.05, 4.69) is 0 Å². The summed E-state index contributed by atoms with van der Waals surface area (Å²) in [6.07, 6.45) is -6.18. The van der Waals surface area contributed by atoms with Crippen LogP contribution in [0, 0.1) is 19.7 Å². The molecular formula is C16H14F4O. The van der Waals surface area contributed by atoms with Gasteiger partial charge in [-0.1, -0.05) is 24.3 Å². The molecule has 1 nitrogen and oxygen atoms in total. The number of alkyl halides is 3. The molecule has 2 aromatic carbocycles. The number of aryl methyl sites for hydroxylation is 2. The second kappa shape index (κ2) is 5.48. The summed E-state index contributed by atoms with van der Waals surface area (Å²) < 4.78 is 52.0. The summed E-state index contributed by atoms with van der Waals surface area (Å²) in [4.78, 5) is 0. The fourth-order valence-corrected chi connectivity index (χ4v) is 2.13. The van der Waals surface area contributed by atoms with Crippen molar-refractivity contribution in [2.75, 3.05) is 0 Å². The van der Waals surface area contributed by atoms with Crippen molar-refractivity contribution in [2.45, 2.75) is 26.1 Å². The van der Waals surface area contributed by atoms with Crippen molar-refractivity contribution in [3.05, 3.63) is 70.0 Å². The number of rotatable bonds is 2. The van der Waals surface area contributed by atoms with Gasteiger partial charge in [-0.25, -0.2) is 4.39 Å². The fraction of sp³-hybridized carbons (Fsp3) is 0.250. The maximum atomic E-state index is 13.1.